The van der Waals surface area contributed by atoms with Gasteiger partial charge in [0.05, 0.1) is 0 Å². The first-order chi connectivity index (χ1) is 9.76. The lowest BCUT2D eigenvalue weighted by Gasteiger charge is -1.96. The molecule has 0 amide bonds. The molecule has 3 aromatic rings. The number of pyridine rings is 2. The number of aromatic nitrogens is 4. The van der Waals surface area contributed by atoms with Crippen LogP contribution in [0.3, 0.4) is 0 Å². The molecule has 3 rings (SSSR count). The molecule has 3 aromatic heterocycles. The zero-order valence-corrected chi connectivity index (χ0v) is 10.9. The second kappa shape index (κ2) is 5.18. The van der Waals surface area contributed by atoms with Gasteiger partial charge in [0.15, 0.2) is 0 Å². The van der Waals surface area contributed by atoms with Gasteiger partial charge in [-0.1, -0.05) is 11.2 Å². The van der Waals surface area contributed by atoms with Gasteiger partial charge in [-0.2, -0.15) is 4.98 Å². The van der Waals surface area contributed by atoms with Crippen molar-refractivity contribution in [2.45, 2.75) is 13.5 Å². The molecule has 0 radical (unpaired) electrons. The van der Waals surface area contributed by atoms with Crippen LogP contribution >= 0.6 is 0 Å². The first-order valence-corrected chi connectivity index (χ1v) is 6.18. The van der Waals surface area contributed by atoms with E-state index in [0.29, 0.717) is 29.6 Å². The van der Waals surface area contributed by atoms with Gasteiger partial charge in [-0.25, -0.2) is 0 Å². The maximum absolute atomic E-state index is 5.53. The molecule has 0 fully saturated rings. The van der Waals surface area contributed by atoms with E-state index in [2.05, 4.69) is 20.1 Å². The van der Waals surface area contributed by atoms with E-state index in [-0.39, 0.29) is 0 Å². The maximum Gasteiger partial charge on any atom is 0.276 e. The van der Waals surface area contributed by atoms with Crippen LogP contribution in [0, 0.1) is 6.92 Å². The van der Waals surface area contributed by atoms with Crippen molar-refractivity contribution in [3.05, 3.63) is 47.8 Å². The minimum Gasteiger partial charge on any atom is -0.332 e. The summed E-state index contributed by atoms with van der Waals surface area (Å²) in [6.45, 7) is 2.44. The Morgan fingerprint density at radius 2 is 2.05 bits per heavy atom. The molecule has 2 N–H and O–H groups in total. The zero-order valence-electron chi connectivity index (χ0n) is 10.9. The predicted molar refractivity (Wildman–Crippen MR) is 73.4 cm³/mol. The molecular formula is C14H13N5O. The van der Waals surface area contributed by atoms with Gasteiger partial charge < -0.3 is 10.3 Å². The Kier molecular flexibility index (Phi) is 3.22. The first kappa shape index (κ1) is 12.4. The highest BCUT2D eigenvalue weighted by Gasteiger charge is 2.12. The molecule has 0 atom stereocenters. The van der Waals surface area contributed by atoms with Gasteiger partial charge in [0, 0.05) is 18.9 Å². The van der Waals surface area contributed by atoms with Crippen LogP contribution < -0.4 is 5.73 Å². The van der Waals surface area contributed by atoms with E-state index in [9.17, 15) is 0 Å². The molecule has 0 unspecified atom stereocenters. The van der Waals surface area contributed by atoms with Crippen LogP contribution in [-0.2, 0) is 6.54 Å². The summed E-state index contributed by atoms with van der Waals surface area (Å²) in [5, 5.41) is 3.93. The highest BCUT2D eigenvalue weighted by molar-refractivity contribution is 5.54. The molecule has 0 saturated heterocycles. The van der Waals surface area contributed by atoms with Crippen molar-refractivity contribution >= 4 is 0 Å². The second-order valence-electron chi connectivity index (χ2n) is 4.40. The summed E-state index contributed by atoms with van der Waals surface area (Å²) in [6, 6.07) is 7.51. The third-order valence-electron chi connectivity index (χ3n) is 2.85. The molecule has 0 aromatic carbocycles. The number of hydrogen-bond acceptors (Lipinski definition) is 6. The number of aryl methyl sites for hydroxylation is 1. The summed E-state index contributed by atoms with van der Waals surface area (Å²) in [6.07, 6.45) is 3.42. The Labute approximate surface area is 115 Å². The lowest BCUT2D eigenvalue weighted by molar-refractivity contribution is 0.430. The smallest absolute Gasteiger partial charge is 0.276 e. The predicted octanol–water partition coefficient (Wildman–Crippen LogP) is 1.96. The summed E-state index contributed by atoms with van der Waals surface area (Å²) < 4.78 is 5.22. The SMILES string of the molecule is Cc1ccnc(-c2noc(-c3ccc(CN)cn3)n2)c1. The number of hydrogen-bond donors (Lipinski definition) is 1. The van der Waals surface area contributed by atoms with E-state index in [4.69, 9.17) is 10.3 Å². The molecule has 6 heteroatoms. The van der Waals surface area contributed by atoms with Gasteiger partial charge in [0.1, 0.15) is 11.4 Å². The van der Waals surface area contributed by atoms with Crippen LogP contribution in [0.1, 0.15) is 11.1 Å². The lowest BCUT2D eigenvalue weighted by Crippen LogP contribution is -1.96. The van der Waals surface area contributed by atoms with Gasteiger partial charge in [-0.05, 0) is 36.2 Å². The molecule has 0 aliphatic rings. The lowest BCUT2D eigenvalue weighted by atomic mass is 10.2. The Bertz CT molecular complexity index is 720. The van der Waals surface area contributed by atoms with Crippen LogP contribution in [-0.4, -0.2) is 20.1 Å². The summed E-state index contributed by atoms with van der Waals surface area (Å²) in [5.74, 6) is 0.820. The highest BCUT2D eigenvalue weighted by Crippen LogP contribution is 2.19. The molecule has 0 bridgehead atoms. The van der Waals surface area contributed by atoms with Crippen LogP contribution in [0.25, 0.3) is 23.1 Å². The third kappa shape index (κ3) is 2.41. The van der Waals surface area contributed by atoms with E-state index in [1.165, 1.54) is 0 Å². The molecular weight excluding hydrogens is 254 g/mol. The van der Waals surface area contributed by atoms with Crippen LogP contribution in [0.2, 0.25) is 0 Å². The highest BCUT2D eigenvalue weighted by atomic mass is 16.5. The van der Waals surface area contributed by atoms with Gasteiger partial charge in [0.2, 0.25) is 5.82 Å². The minimum atomic E-state index is 0.367. The van der Waals surface area contributed by atoms with Crippen molar-refractivity contribution in [1.29, 1.82) is 0 Å². The van der Waals surface area contributed by atoms with Crippen molar-refractivity contribution in [2.75, 3.05) is 0 Å². The van der Waals surface area contributed by atoms with Crippen molar-refractivity contribution in [3.8, 4) is 23.1 Å². The Balaban J connectivity index is 1.93. The van der Waals surface area contributed by atoms with E-state index in [1.807, 2.05) is 31.2 Å². The minimum absolute atomic E-state index is 0.367. The van der Waals surface area contributed by atoms with E-state index >= 15 is 0 Å². The number of rotatable bonds is 3. The Hall–Kier alpha value is -2.60. The van der Waals surface area contributed by atoms with E-state index < -0.39 is 0 Å². The number of nitrogens with zero attached hydrogens (tertiary/aromatic N) is 4. The average molecular weight is 267 g/mol. The van der Waals surface area contributed by atoms with Gasteiger partial charge in [0.25, 0.3) is 5.89 Å². The van der Waals surface area contributed by atoms with E-state index in [1.54, 1.807) is 12.4 Å². The first-order valence-electron chi connectivity index (χ1n) is 6.18. The molecule has 20 heavy (non-hydrogen) atoms. The molecule has 0 aliphatic carbocycles. The molecule has 0 saturated carbocycles. The average Bonchev–Trinajstić information content (AvgIpc) is 2.97. The topological polar surface area (TPSA) is 90.7 Å². The second-order valence-corrected chi connectivity index (χ2v) is 4.40. The monoisotopic (exact) mass is 267 g/mol. The summed E-state index contributed by atoms with van der Waals surface area (Å²) in [5.41, 5.74) is 8.87. The Morgan fingerprint density at radius 1 is 1.15 bits per heavy atom. The summed E-state index contributed by atoms with van der Waals surface area (Å²) in [4.78, 5) is 12.8. The molecule has 6 nitrogen and oxygen atoms in total. The normalized spacial score (nSPS) is 10.7. The van der Waals surface area contributed by atoms with Gasteiger partial charge in [-0.15, -0.1) is 0 Å². The fourth-order valence-corrected chi connectivity index (χ4v) is 1.76. The molecule has 0 aliphatic heterocycles. The summed E-state index contributed by atoms with van der Waals surface area (Å²) >= 11 is 0. The number of nitrogens with two attached hydrogens (primary N) is 1. The van der Waals surface area contributed by atoms with Crippen LogP contribution in [0.4, 0.5) is 0 Å². The van der Waals surface area contributed by atoms with Gasteiger partial charge >= 0.3 is 0 Å². The fourth-order valence-electron chi connectivity index (χ4n) is 1.76. The largest absolute Gasteiger partial charge is 0.332 e. The summed E-state index contributed by atoms with van der Waals surface area (Å²) in [7, 11) is 0. The van der Waals surface area contributed by atoms with E-state index in [0.717, 1.165) is 11.1 Å². The molecule has 3 heterocycles. The Morgan fingerprint density at radius 3 is 2.75 bits per heavy atom. The quantitative estimate of drug-likeness (QED) is 0.780. The molecule has 0 spiro atoms. The van der Waals surface area contributed by atoms with Crippen LogP contribution in [0.15, 0.2) is 41.2 Å². The standard InChI is InChI=1S/C14H13N5O/c1-9-4-5-16-12(6-9)13-18-14(20-19-13)11-3-2-10(7-15)8-17-11/h2-6,8H,7,15H2,1H3. The van der Waals surface area contributed by atoms with Crippen molar-refractivity contribution in [2.24, 2.45) is 5.73 Å². The van der Waals surface area contributed by atoms with Gasteiger partial charge in [-0.3, -0.25) is 9.97 Å². The van der Waals surface area contributed by atoms with Crippen molar-refractivity contribution in [3.63, 3.8) is 0 Å². The maximum atomic E-state index is 5.53. The van der Waals surface area contributed by atoms with Crippen molar-refractivity contribution < 1.29 is 4.52 Å². The zero-order chi connectivity index (χ0) is 13.9. The third-order valence-corrected chi connectivity index (χ3v) is 2.85. The van der Waals surface area contributed by atoms with Crippen LogP contribution in [0.5, 0.6) is 0 Å². The molecule has 100 valence electrons. The fraction of sp³-hybridized carbons (Fsp3) is 0.143. The van der Waals surface area contributed by atoms with Crippen molar-refractivity contribution in [1.82, 2.24) is 20.1 Å².